The monoisotopic (exact) mass is 261 g/mol. The zero-order chi connectivity index (χ0) is 13.1. The zero-order valence-corrected chi connectivity index (χ0v) is 11.1. The molecule has 0 spiro atoms. The summed E-state index contributed by atoms with van der Waals surface area (Å²) in [6, 6.07) is 0.397. The molecule has 0 aliphatic heterocycles. The quantitative estimate of drug-likeness (QED) is 0.886. The van der Waals surface area contributed by atoms with Crippen LogP contribution in [0.15, 0.2) is 0 Å². The third-order valence-electron chi connectivity index (χ3n) is 5.45. The predicted octanol–water partition coefficient (Wildman–Crippen LogP) is 2.28. The van der Waals surface area contributed by atoms with Gasteiger partial charge in [0.05, 0.1) is 6.04 Å². The fourth-order valence-corrected chi connectivity index (χ4v) is 5.07. The average Bonchev–Trinajstić information content (AvgIpc) is 2.70. The van der Waals surface area contributed by atoms with Crippen LogP contribution in [0.1, 0.15) is 54.6 Å². The minimum Gasteiger partial charge on any atom is -0.475 e. The maximum absolute atomic E-state index is 11.0. The highest BCUT2D eigenvalue weighted by Gasteiger charge is 2.49. The Morgan fingerprint density at radius 3 is 2.21 bits per heavy atom. The first-order chi connectivity index (χ1) is 9.11. The van der Waals surface area contributed by atoms with Crippen molar-refractivity contribution in [2.45, 2.75) is 45.1 Å². The van der Waals surface area contributed by atoms with Gasteiger partial charge >= 0.3 is 5.97 Å². The molecule has 102 valence electrons. The molecule has 19 heavy (non-hydrogen) atoms. The maximum atomic E-state index is 11.0. The van der Waals surface area contributed by atoms with E-state index in [4.69, 9.17) is 5.11 Å². The first kappa shape index (κ1) is 11.4. The second-order valence-electron chi connectivity index (χ2n) is 6.65. The number of aryl methyl sites for hydroxylation is 1. The third-order valence-corrected chi connectivity index (χ3v) is 5.45. The van der Waals surface area contributed by atoms with Gasteiger partial charge in [0.2, 0.25) is 0 Å². The van der Waals surface area contributed by atoms with E-state index in [9.17, 15) is 4.79 Å². The van der Waals surface area contributed by atoms with E-state index < -0.39 is 5.97 Å². The van der Waals surface area contributed by atoms with E-state index in [1.54, 1.807) is 0 Å². The summed E-state index contributed by atoms with van der Waals surface area (Å²) in [6.45, 7) is 1.88. The van der Waals surface area contributed by atoms with Gasteiger partial charge in [0.1, 0.15) is 5.82 Å². The van der Waals surface area contributed by atoms with Crippen LogP contribution >= 0.6 is 0 Å². The lowest BCUT2D eigenvalue weighted by Gasteiger charge is -2.54. The Balaban J connectivity index is 1.71. The van der Waals surface area contributed by atoms with Gasteiger partial charge in [-0.05, 0) is 62.7 Å². The number of rotatable bonds is 2. The topological polar surface area (TPSA) is 68.0 Å². The largest absolute Gasteiger partial charge is 0.475 e. The van der Waals surface area contributed by atoms with E-state index in [-0.39, 0.29) is 5.82 Å². The Bertz CT molecular complexity index is 509. The molecule has 0 radical (unpaired) electrons. The molecule has 0 atom stereocenters. The molecule has 1 heterocycles. The first-order valence-electron chi connectivity index (χ1n) is 7.28. The van der Waals surface area contributed by atoms with Crippen LogP contribution < -0.4 is 0 Å². The molecule has 0 aromatic carbocycles. The van der Waals surface area contributed by atoms with Crippen molar-refractivity contribution in [3.63, 3.8) is 0 Å². The third kappa shape index (κ3) is 1.63. The van der Waals surface area contributed by atoms with Crippen molar-refractivity contribution in [3.05, 3.63) is 11.6 Å². The molecule has 4 fully saturated rings. The van der Waals surface area contributed by atoms with Crippen LogP contribution in [0.5, 0.6) is 0 Å². The Morgan fingerprint density at radius 1 is 1.16 bits per heavy atom. The molecule has 1 aromatic heterocycles. The number of aromatic carboxylic acids is 1. The van der Waals surface area contributed by atoms with Gasteiger partial charge < -0.3 is 5.11 Å². The van der Waals surface area contributed by atoms with E-state index in [1.807, 2.05) is 11.6 Å². The van der Waals surface area contributed by atoms with Crippen LogP contribution in [0.4, 0.5) is 0 Å². The smallest absolute Gasteiger partial charge is 0.375 e. The molecule has 0 unspecified atom stereocenters. The minimum absolute atomic E-state index is 0.0497. The van der Waals surface area contributed by atoms with Crippen molar-refractivity contribution >= 4 is 5.97 Å². The van der Waals surface area contributed by atoms with Crippen LogP contribution in [0.3, 0.4) is 0 Å². The van der Waals surface area contributed by atoms with Crippen molar-refractivity contribution < 1.29 is 9.90 Å². The van der Waals surface area contributed by atoms with Crippen molar-refractivity contribution in [3.8, 4) is 0 Å². The van der Waals surface area contributed by atoms with Gasteiger partial charge in [-0.1, -0.05) is 0 Å². The number of aromatic nitrogens is 3. The van der Waals surface area contributed by atoms with E-state index >= 15 is 0 Å². The number of nitrogens with zero attached hydrogens (tertiary/aromatic N) is 3. The molecule has 4 saturated carbocycles. The van der Waals surface area contributed by atoms with Crippen molar-refractivity contribution in [1.82, 2.24) is 14.8 Å². The fraction of sp³-hybridized carbons (Fsp3) is 0.786. The number of hydrogen-bond acceptors (Lipinski definition) is 3. The molecule has 0 amide bonds. The minimum atomic E-state index is -1.02. The van der Waals surface area contributed by atoms with Gasteiger partial charge in [0, 0.05) is 0 Å². The lowest BCUT2D eigenvalue weighted by molar-refractivity contribution is -0.0346. The van der Waals surface area contributed by atoms with Gasteiger partial charge in [0.25, 0.3) is 5.82 Å². The number of carbonyl (C=O) groups is 1. The maximum Gasteiger partial charge on any atom is 0.375 e. The molecule has 0 saturated heterocycles. The zero-order valence-electron chi connectivity index (χ0n) is 11.1. The van der Waals surface area contributed by atoms with Crippen LogP contribution in [0, 0.1) is 30.6 Å². The Hall–Kier alpha value is -1.39. The van der Waals surface area contributed by atoms with E-state index in [1.165, 1.54) is 32.1 Å². The molecule has 5 rings (SSSR count). The molecule has 1 aromatic rings. The average molecular weight is 261 g/mol. The summed E-state index contributed by atoms with van der Waals surface area (Å²) in [4.78, 5) is 15.1. The van der Waals surface area contributed by atoms with Gasteiger partial charge in [-0.25, -0.2) is 14.5 Å². The molecule has 4 aliphatic rings. The molecule has 4 aliphatic carbocycles. The molecular formula is C14H19N3O2. The van der Waals surface area contributed by atoms with Gasteiger partial charge in [-0.15, -0.1) is 5.10 Å². The number of carboxylic acids is 1. The predicted molar refractivity (Wildman–Crippen MR) is 67.8 cm³/mol. The lowest BCUT2D eigenvalue weighted by Crippen LogP contribution is -2.46. The van der Waals surface area contributed by atoms with Crippen LogP contribution in [0.25, 0.3) is 0 Å². The summed E-state index contributed by atoms with van der Waals surface area (Å²) in [6.07, 6.45) is 6.65. The SMILES string of the molecule is Cc1nc(C(=O)O)nn1C1C2CC3CC(C2)CC1C3. The molecule has 4 bridgehead atoms. The summed E-state index contributed by atoms with van der Waals surface area (Å²) in [7, 11) is 0. The molecule has 5 nitrogen and oxygen atoms in total. The second-order valence-corrected chi connectivity index (χ2v) is 6.65. The Labute approximate surface area is 112 Å². The summed E-state index contributed by atoms with van der Waals surface area (Å²) in [5.41, 5.74) is 0. The molecular weight excluding hydrogens is 242 g/mol. The van der Waals surface area contributed by atoms with Crippen LogP contribution in [0.2, 0.25) is 0 Å². The molecule has 1 N–H and O–H groups in total. The summed E-state index contributed by atoms with van der Waals surface area (Å²) in [5, 5.41) is 13.3. The summed E-state index contributed by atoms with van der Waals surface area (Å²) >= 11 is 0. The number of carboxylic acid groups (broad SMARTS) is 1. The van der Waals surface area contributed by atoms with Crippen LogP contribution in [-0.4, -0.2) is 25.8 Å². The van der Waals surface area contributed by atoms with Crippen LogP contribution in [-0.2, 0) is 0 Å². The van der Waals surface area contributed by atoms with Crippen molar-refractivity contribution in [2.75, 3.05) is 0 Å². The standard InChI is InChI=1S/C14H19N3O2/c1-7-15-13(14(18)19)16-17(7)12-10-3-8-2-9(5-10)6-11(12)4-8/h8-12H,2-6H2,1H3,(H,18,19). The van der Waals surface area contributed by atoms with Gasteiger partial charge in [-0.3, -0.25) is 0 Å². The highest BCUT2D eigenvalue weighted by atomic mass is 16.4. The van der Waals surface area contributed by atoms with Crippen molar-refractivity contribution in [2.24, 2.45) is 23.7 Å². The van der Waals surface area contributed by atoms with E-state index in [2.05, 4.69) is 10.1 Å². The normalized spacial score (nSPS) is 39.7. The Kier molecular flexibility index (Phi) is 2.29. The highest BCUT2D eigenvalue weighted by Crippen LogP contribution is 2.58. The lowest BCUT2D eigenvalue weighted by atomic mass is 9.54. The highest BCUT2D eigenvalue weighted by molar-refractivity contribution is 5.82. The fourth-order valence-electron chi connectivity index (χ4n) is 5.07. The Morgan fingerprint density at radius 2 is 1.74 bits per heavy atom. The number of hydrogen-bond donors (Lipinski definition) is 1. The molecule has 5 heteroatoms. The van der Waals surface area contributed by atoms with E-state index in [0.717, 1.165) is 17.7 Å². The summed E-state index contributed by atoms with van der Waals surface area (Å²) in [5.74, 6) is 2.91. The van der Waals surface area contributed by atoms with Gasteiger partial charge in [0.15, 0.2) is 0 Å². The van der Waals surface area contributed by atoms with Crippen molar-refractivity contribution in [1.29, 1.82) is 0 Å². The van der Waals surface area contributed by atoms with E-state index in [0.29, 0.717) is 17.9 Å². The second kappa shape index (κ2) is 3.81. The first-order valence-corrected chi connectivity index (χ1v) is 7.28. The van der Waals surface area contributed by atoms with Gasteiger partial charge in [-0.2, -0.15) is 0 Å². The summed E-state index contributed by atoms with van der Waals surface area (Å²) < 4.78 is 1.93.